The van der Waals surface area contributed by atoms with E-state index in [0.717, 1.165) is 54.1 Å². The summed E-state index contributed by atoms with van der Waals surface area (Å²) in [6, 6.07) is 57.8. The van der Waals surface area contributed by atoms with Crippen LogP contribution in [0.3, 0.4) is 0 Å². The van der Waals surface area contributed by atoms with Crippen LogP contribution in [0.25, 0.3) is 27.1 Å². The fourth-order valence-corrected chi connectivity index (χ4v) is 11.9. The van der Waals surface area contributed by atoms with E-state index in [4.69, 9.17) is 4.99 Å². The Hall–Kier alpha value is -7.27. The molecule has 4 aliphatic carbocycles. The first-order valence-electron chi connectivity index (χ1n) is 23.5. The lowest BCUT2D eigenvalue weighted by Crippen LogP contribution is -2.38. The van der Waals surface area contributed by atoms with Gasteiger partial charge < -0.3 is 9.80 Å². The second kappa shape index (κ2) is 16.6. The van der Waals surface area contributed by atoms with E-state index < -0.39 is 5.41 Å². The van der Waals surface area contributed by atoms with Crippen molar-refractivity contribution in [2.45, 2.75) is 57.0 Å². The molecule has 2 atom stereocenters. The summed E-state index contributed by atoms with van der Waals surface area (Å²) in [7, 11) is 0. The number of benzene rings is 6. The van der Waals surface area contributed by atoms with Gasteiger partial charge in [0.1, 0.15) is 5.84 Å². The Kier molecular flexibility index (Phi) is 10.1. The second-order valence-corrected chi connectivity index (χ2v) is 19.3. The third-order valence-electron chi connectivity index (χ3n) is 14.1. The minimum atomic E-state index is -0.519. The van der Waals surface area contributed by atoms with Crippen molar-refractivity contribution < 1.29 is 0 Å². The normalized spacial score (nSPS) is 18.6. The third kappa shape index (κ3) is 6.82. The zero-order valence-electron chi connectivity index (χ0n) is 37.4. The van der Waals surface area contributed by atoms with Crippen molar-refractivity contribution in [2.75, 3.05) is 4.90 Å². The lowest BCUT2D eigenvalue weighted by molar-refractivity contribution is 0.428. The molecule has 0 bridgehead atoms. The molecule has 2 heterocycles. The number of amidine groups is 1. The maximum absolute atomic E-state index is 5.36. The first kappa shape index (κ1) is 40.3. The van der Waals surface area contributed by atoms with Crippen molar-refractivity contribution in [2.24, 2.45) is 4.99 Å². The highest BCUT2D eigenvalue weighted by Gasteiger charge is 2.46. The quantitative estimate of drug-likeness (QED) is 0.144. The molecule has 0 saturated heterocycles. The van der Waals surface area contributed by atoms with Crippen LogP contribution in [-0.2, 0) is 5.41 Å². The van der Waals surface area contributed by atoms with Crippen LogP contribution in [-0.4, -0.2) is 22.8 Å². The van der Waals surface area contributed by atoms with E-state index in [0.29, 0.717) is 0 Å². The van der Waals surface area contributed by atoms with E-state index in [9.17, 15) is 0 Å². The van der Waals surface area contributed by atoms with E-state index in [1.54, 1.807) is 0 Å². The zero-order valence-corrected chi connectivity index (χ0v) is 38.3. The number of allylic oxidation sites excluding steroid dienone is 10. The smallest absolute Gasteiger partial charge is 0.136 e. The Morgan fingerprint density at radius 3 is 1.95 bits per heavy atom. The fourth-order valence-electron chi connectivity index (χ4n) is 10.8. The average molecular weight is 870 g/mol. The van der Waals surface area contributed by atoms with Crippen molar-refractivity contribution in [3.05, 3.63) is 262 Å². The highest BCUT2D eigenvalue weighted by molar-refractivity contribution is 7.16. The maximum Gasteiger partial charge on any atom is 0.136 e. The van der Waals surface area contributed by atoms with Crippen LogP contribution >= 0.6 is 11.3 Å². The molecule has 0 amide bonds. The second-order valence-electron chi connectivity index (χ2n) is 18.2. The minimum absolute atomic E-state index is 0.0969. The molecule has 0 N–H and O–H groups in total. The molecule has 2 unspecified atom stereocenters. The number of hydrogen-bond acceptors (Lipinski definition) is 4. The molecule has 1 aromatic heterocycles. The summed E-state index contributed by atoms with van der Waals surface area (Å²) in [6.45, 7) is 4.36. The first-order valence-corrected chi connectivity index (χ1v) is 24.3. The van der Waals surface area contributed by atoms with Crippen molar-refractivity contribution in [3.8, 4) is 21.6 Å². The van der Waals surface area contributed by atoms with Gasteiger partial charge in [0.05, 0.1) is 17.5 Å². The molecule has 0 radical (unpaired) electrons. The van der Waals surface area contributed by atoms with Crippen LogP contribution in [0.15, 0.2) is 223 Å². The van der Waals surface area contributed by atoms with Gasteiger partial charge in [-0.25, -0.2) is 0 Å². The predicted molar refractivity (Wildman–Crippen MR) is 278 cm³/mol. The van der Waals surface area contributed by atoms with Crippen LogP contribution in [0.2, 0.25) is 0 Å². The first-order chi connectivity index (χ1) is 32.5. The monoisotopic (exact) mass is 869 g/mol. The van der Waals surface area contributed by atoms with Gasteiger partial charge in [-0.15, -0.1) is 11.3 Å². The molecule has 0 saturated carbocycles. The molecule has 0 spiro atoms. The summed E-state index contributed by atoms with van der Waals surface area (Å²) in [5.41, 5.74) is 18.0. The van der Waals surface area contributed by atoms with Crippen LogP contribution < -0.4 is 4.90 Å². The molecular weight excluding hydrogens is 819 g/mol. The average Bonchev–Trinajstić information content (AvgIpc) is 4.10. The maximum atomic E-state index is 5.36. The lowest BCUT2D eigenvalue weighted by Gasteiger charge is -2.35. The molecule has 3 nitrogen and oxygen atoms in total. The lowest BCUT2D eigenvalue weighted by atomic mass is 9.67. The van der Waals surface area contributed by atoms with E-state index in [1.165, 1.54) is 71.1 Å². The summed E-state index contributed by atoms with van der Waals surface area (Å²) in [5.74, 6) is 1.04. The minimum Gasteiger partial charge on any atom is -0.321 e. The highest BCUT2D eigenvalue weighted by Crippen LogP contribution is 2.57. The van der Waals surface area contributed by atoms with Gasteiger partial charge in [0.2, 0.25) is 0 Å². The van der Waals surface area contributed by atoms with E-state index in [1.807, 2.05) is 11.3 Å². The van der Waals surface area contributed by atoms with Crippen LogP contribution in [0, 0.1) is 13.8 Å². The summed E-state index contributed by atoms with van der Waals surface area (Å²) in [5, 5.41) is 0. The molecular formula is C62H51N3S. The molecule has 66 heavy (non-hydrogen) atoms. The molecule has 320 valence electrons. The number of aliphatic imine (C=N–C) groups is 1. The summed E-state index contributed by atoms with van der Waals surface area (Å²) in [4.78, 5) is 12.9. The van der Waals surface area contributed by atoms with Gasteiger partial charge in [0.15, 0.2) is 0 Å². The summed E-state index contributed by atoms with van der Waals surface area (Å²) in [6.07, 6.45) is 26.8. The van der Waals surface area contributed by atoms with Crippen LogP contribution in [0.4, 0.5) is 17.1 Å². The van der Waals surface area contributed by atoms with Crippen molar-refractivity contribution in [1.29, 1.82) is 0 Å². The van der Waals surface area contributed by atoms with E-state index in [-0.39, 0.29) is 12.1 Å². The number of nitrogens with zero attached hydrogens (tertiary/aromatic N) is 3. The number of rotatable bonds is 9. The van der Waals surface area contributed by atoms with Gasteiger partial charge in [-0.3, -0.25) is 4.99 Å². The third-order valence-corrected chi connectivity index (χ3v) is 15.3. The van der Waals surface area contributed by atoms with Gasteiger partial charge in [-0.05, 0) is 151 Å². The van der Waals surface area contributed by atoms with Gasteiger partial charge in [-0.1, -0.05) is 157 Å². The molecule has 1 aliphatic heterocycles. The summed E-state index contributed by atoms with van der Waals surface area (Å²) < 4.78 is 0. The molecule has 12 rings (SSSR count). The number of thiophene rings is 1. The Balaban J connectivity index is 1.00. The van der Waals surface area contributed by atoms with Crippen LogP contribution in [0.5, 0.6) is 0 Å². The largest absolute Gasteiger partial charge is 0.321 e. The van der Waals surface area contributed by atoms with Gasteiger partial charge in [0.25, 0.3) is 0 Å². The van der Waals surface area contributed by atoms with Crippen molar-refractivity contribution in [3.63, 3.8) is 0 Å². The Morgan fingerprint density at radius 1 is 0.591 bits per heavy atom. The number of fused-ring (bicyclic) bond motifs is 4. The molecule has 6 aromatic carbocycles. The number of hydrogen-bond donors (Lipinski definition) is 0. The Morgan fingerprint density at radius 2 is 1.26 bits per heavy atom. The fraction of sp³-hybridized carbons (Fsp3) is 0.145. The van der Waals surface area contributed by atoms with Gasteiger partial charge >= 0.3 is 0 Å². The van der Waals surface area contributed by atoms with Crippen molar-refractivity contribution >= 4 is 39.8 Å². The summed E-state index contributed by atoms with van der Waals surface area (Å²) >= 11 is 1.87. The van der Waals surface area contributed by atoms with E-state index >= 15 is 0 Å². The highest BCUT2D eigenvalue weighted by atomic mass is 32.1. The molecule has 7 aromatic rings. The Labute approximate surface area is 393 Å². The number of aryl methyl sites for hydroxylation is 2. The number of anilines is 3. The predicted octanol–water partition coefficient (Wildman–Crippen LogP) is 15.8. The standard InChI is InChI=1S/C62H51N3S/c1-42-21-29-47(30-22-42)62(48-31-23-43(2)24-32-48)55-18-10-9-17-53(55)54-38-37-52(41-56(54)62)64(50-33-25-45(26-34-50)60-40-39-59(66-60)44-13-5-3-6-14-44)51-35-27-46(28-36-51)61-63-57-19-11-12-20-58(57)65(61)49-15-7-4-8-16-49/h4-5,7,9-15,17-41,57-58H,3,6,8,16H2,1-2H3. The van der Waals surface area contributed by atoms with Crippen molar-refractivity contribution in [1.82, 2.24) is 4.90 Å². The SMILES string of the molecule is Cc1ccc(C2(c3ccc(C)cc3)c3ccccc3-c3ccc(N(c4ccc(C5=NC6C=CC=CC6N5C5=CC=CCC5)cc4)c4ccc(-c5ccc(C6=CCCC=C6)s5)cc4)cc32)cc1. The van der Waals surface area contributed by atoms with Gasteiger partial charge in [0, 0.05) is 38.1 Å². The van der Waals surface area contributed by atoms with Gasteiger partial charge in [-0.2, -0.15) is 0 Å². The zero-order chi connectivity index (χ0) is 44.2. The van der Waals surface area contributed by atoms with Crippen LogP contribution in [0.1, 0.15) is 69.5 Å². The molecule has 0 fully saturated rings. The van der Waals surface area contributed by atoms with E-state index in [2.05, 4.69) is 236 Å². The molecule has 4 heteroatoms. The topological polar surface area (TPSA) is 18.8 Å². The Bertz CT molecular complexity index is 3160. The molecule has 5 aliphatic rings.